The van der Waals surface area contributed by atoms with Crippen LogP contribution in [0, 0.1) is 5.92 Å². The highest BCUT2D eigenvalue weighted by Crippen LogP contribution is 2.41. The molecule has 2 unspecified atom stereocenters. The Bertz CT molecular complexity index is 281. The van der Waals surface area contributed by atoms with E-state index >= 15 is 0 Å². The van der Waals surface area contributed by atoms with Crippen LogP contribution in [0.25, 0.3) is 0 Å². The van der Waals surface area contributed by atoms with Crippen molar-refractivity contribution in [1.29, 1.82) is 0 Å². The Labute approximate surface area is 90.3 Å². The molecule has 1 aliphatic carbocycles. The van der Waals surface area contributed by atoms with Crippen LogP contribution in [0.4, 0.5) is 0 Å². The van der Waals surface area contributed by atoms with Gasteiger partial charge in [-0.3, -0.25) is 0 Å². The van der Waals surface area contributed by atoms with E-state index in [9.17, 15) is 0 Å². The smallest absolute Gasteiger partial charge is 0.0446 e. The minimum Gasteiger partial charge on any atom is -0.321 e. The van der Waals surface area contributed by atoms with E-state index in [0.717, 1.165) is 0 Å². The summed E-state index contributed by atoms with van der Waals surface area (Å²) in [5.74, 6) is 0.686. The normalized spacial score (nSPS) is 33.1. The second-order valence-corrected chi connectivity index (χ2v) is 5.18. The summed E-state index contributed by atoms with van der Waals surface area (Å²) in [5, 5.41) is 4.37. The molecule has 2 rings (SSSR count). The van der Waals surface area contributed by atoms with Crippen molar-refractivity contribution < 1.29 is 0 Å². The molecule has 0 bridgehead atoms. The molecule has 0 aromatic carbocycles. The molecule has 1 aromatic rings. The summed E-state index contributed by atoms with van der Waals surface area (Å²) in [6, 6.07) is 2.21. The highest BCUT2D eigenvalue weighted by atomic mass is 32.1. The van der Waals surface area contributed by atoms with Crippen LogP contribution in [0.2, 0.25) is 0 Å². The van der Waals surface area contributed by atoms with E-state index in [4.69, 9.17) is 5.73 Å². The van der Waals surface area contributed by atoms with Crippen LogP contribution in [0.1, 0.15) is 44.6 Å². The Hall–Kier alpha value is -0.340. The minimum absolute atomic E-state index is 0.0208. The summed E-state index contributed by atoms with van der Waals surface area (Å²) in [5.41, 5.74) is 7.93. The number of rotatable bonds is 2. The first-order valence-corrected chi connectivity index (χ1v) is 6.53. The van der Waals surface area contributed by atoms with E-state index in [1.54, 1.807) is 11.3 Å². The zero-order valence-electron chi connectivity index (χ0n) is 8.83. The van der Waals surface area contributed by atoms with Crippen LogP contribution in [0.3, 0.4) is 0 Å². The zero-order chi connectivity index (χ0) is 10.0. The Balaban J connectivity index is 2.27. The van der Waals surface area contributed by atoms with Gasteiger partial charge in [0.1, 0.15) is 0 Å². The maximum absolute atomic E-state index is 6.59. The number of hydrogen-bond acceptors (Lipinski definition) is 2. The van der Waals surface area contributed by atoms with Gasteiger partial charge >= 0.3 is 0 Å². The van der Waals surface area contributed by atoms with Crippen LogP contribution in [0.15, 0.2) is 16.8 Å². The molecule has 0 spiro atoms. The summed E-state index contributed by atoms with van der Waals surface area (Å²) in [6.45, 7) is 2.27. The van der Waals surface area contributed by atoms with Crippen molar-refractivity contribution in [2.24, 2.45) is 11.7 Å². The molecule has 1 nitrogen and oxygen atoms in total. The fourth-order valence-corrected chi connectivity index (χ4v) is 3.50. The first-order valence-electron chi connectivity index (χ1n) is 5.59. The van der Waals surface area contributed by atoms with Gasteiger partial charge in [-0.1, -0.05) is 26.2 Å². The molecule has 14 heavy (non-hydrogen) atoms. The lowest BCUT2D eigenvalue weighted by Crippen LogP contribution is -2.45. The first-order chi connectivity index (χ1) is 6.77. The van der Waals surface area contributed by atoms with Crippen molar-refractivity contribution in [3.63, 3.8) is 0 Å². The van der Waals surface area contributed by atoms with Gasteiger partial charge in [0.2, 0.25) is 0 Å². The molecule has 0 amide bonds. The first kappa shape index (κ1) is 10.2. The molecule has 1 fully saturated rings. The maximum atomic E-state index is 6.59. The predicted molar refractivity (Wildman–Crippen MR) is 62.4 cm³/mol. The van der Waals surface area contributed by atoms with Gasteiger partial charge < -0.3 is 5.73 Å². The topological polar surface area (TPSA) is 26.0 Å². The molecule has 0 radical (unpaired) electrons. The Morgan fingerprint density at radius 2 is 2.43 bits per heavy atom. The average Bonchev–Trinajstić information content (AvgIpc) is 2.72. The molecule has 1 aromatic heterocycles. The second-order valence-electron chi connectivity index (χ2n) is 4.40. The lowest BCUT2D eigenvalue weighted by Gasteiger charge is -2.40. The molecule has 2 N–H and O–H groups in total. The van der Waals surface area contributed by atoms with Gasteiger partial charge in [-0.15, -0.1) is 0 Å². The Morgan fingerprint density at radius 3 is 3.07 bits per heavy atom. The minimum atomic E-state index is -0.0208. The average molecular weight is 209 g/mol. The summed E-state index contributed by atoms with van der Waals surface area (Å²) < 4.78 is 0. The van der Waals surface area contributed by atoms with Gasteiger partial charge in [-0.2, -0.15) is 11.3 Å². The lowest BCUT2D eigenvalue weighted by atomic mass is 9.69. The van der Waals surface area contributed by atoms with E-state index in [-0.39, 0.29) is 5.54 Å². The van der Waals surface area contributed by atoms with Gasteiger partial charge in [-0.25, -0.2) is 0 Å². The van der Waals surface area contributed by atoms with Crippen LogP contribution in [-0.4, -0.2) is 0 Å². The fourth-order valence-electron chi connectivity index (χ4n) is 2.75. The van der Waals surface area contributed by atoms with Crippen LogP contribution >= 0.6 is 11.3 Å². The molecule has 78 valence electrons. The third kappa shape index (κ3) is 1.61. The van der Waals surface area contributed by atoms with Crippen molar-refractivity contribution in [1.82, 2.24) is 0 Å². The number of thiophene rings is 1. The zero-order valence-corrected chi connectivity index (χ0v) is 9.65. The van der Waals surface area contributed by atoms with Crippen LogP contribution < -0.4 is 5.73 Å². The van der Waals surface area contributed by atoms with E-state index in [2.05, 4.69) is 23.8 Å². The predicted octanol–water partition coefficient (Wildman–Crippen LogP) is 3.50. The second kappa shape index (κ2) is 4.03. The van der Waals surface area contributed by atoms with E-state index < -0.39 is 0 Å². The summed E-state index contributed by atoms with van der Waals surface area (Å²) >= 11 is 1.76. The van der Waals surface area contributed by atoms with Gasteiger partial charge in [0.25, 0.3) is 0 Å². The molecule has 1 saturated carbocycles. The maximum Gasteiger partial charge on any atom is 0.0446 e. The molecular formula is C12H19NS. The van der Waals surface area contributed by atoms with E-state index in [0.29, 0.717) is 5.92 Å². The van der Waals surface area contributed by atoms with Crippen LogP contribution in [0.5, 0.6) is 0 Å². The van der Waals surface area contributed by atoms with Crippen molar-refractivity contribution in [3.05, 3.63) is 22.4 Å². The molecule has 0 aliphatic heterocycles. The van der Waals surface area contributed by atoms with Gasteiger partial charge in [0, 0.05) is 5.54 Å². The van der Waals surface area contributed by atoms with E-state index in [1.165, 1.54) is 37.7 Å². The van der Waals surface area contributed by atoms with Gasteiger partial charge in [0.05, 0.1) is 0 Å². The van der Waals surface area contributed by atoms with Gasteiger partial charge in [-0.05, 0) is 41.1 Å². The van der Waals surface area contributed by atoms with Crippen molar-refractivity contribution >= 4 is 11.3 Å². The number of nitrogens with two attached hydrogens (primary N) is 1. The fraction of sp³-hybridized carbons (Fsp3) is 0.667. The quantitative estimate of drug-likeness (QED) is 0.792. The van der Waals surface area contributed by atoms with Crippen molar-refractivity contribution in [3.8, 4) is 0 Å². The Kier molecular flexibility index (Phi) is 2.93. The molecule has 2 atom stereocenters. The summed E-state index contributed by atoms with van der Waals surface area (Å²) in [4.78, 5) is 0. The molecule has 0 saturated heterocycles. The highest BCUT2D eigenvalue weighted by molar-refractivity contribution is 7.08. The molecule has 2 heteroatoms. The largest absolute Gasteiger partial charge is 0.321 e. The molecular weight excluding hydrogens is 190 g/mol. The molecule has 1 aliphatic rings. The SMILES string of the molecule is CCC1CCCCC1(N)c1ccsc1. The number of hydrogen-bond donors (Lipinski definition) is 1. The standard InChI is InChI=1S/C12H19NS/c1-2-10-5-3-4-7-12(10,13)11-6-8-14-9-11/h6,8-10H,2-5,7,13H2,1H3. The van der Waals surface area contributed by atoms with E-state index in [1.807, 2.05) is 0 Å². The van der Waals surface area contributed by atoms with Gasteiger partial charge in [0.15, 0.2) is 0 Å². The highest BCUT2D eigenvalue weighted by Gasteiger charge is 2.37. The summed E-state index contributed by atoms with van der Waals surface area (Å²) in [7, 11) is 0. The van der Waals surface area contributed by atoms with Crippen LogP contribution in [-0.2, 0) is 5.54 Å². The Morgan fingerprint density at radius 1 is 1.57 bits per heavy atom. The van der Waals surface area contributed by atoms with Crippen molar-refractivity contribution in [2.75, 3.05) is 0 Å². The third-order valence-electron chi connectivity index (χ3n) is 3.67. The lowest BCUT2D eigenvalue weighted by molar-refractivity contribution is 0.185. The monoisotopic (exact) mass is 209 g/mol. The third-order valence-corrected chi connectivity index (χ3v) is 4.36. The van der Waals surface area contributed by atoms with Crippen molar-refractivity contribution in [2.45, 2.75) is 44.6 Å². The molecule has 1 heterocycles. The summed E-state index contributed by atoms with van der Waals surface area (Å²) in [6.07, 6.45) is 6.35.